The van der Waals surface area contributed by atoms with Gasteiger partial charge in [0.15, 0.2) is 0 Å². The van der Waals surface area contributed by atoms with Gasteiger partial charge >= 0.3 is 5.97 Å². The Kier molecular flexibility index (Phi) is 5.82. The second-order valence-corrected chi connectivity index (χ2v) is 9.30. The highest BCUT2D eigenvalue weighted by molar-refractivity contribution is 7.89. The van der Waals surface area contributed by atoms with E-state index in [4.69, 9.17) is 5.11 Å². The Morgan fingerprint density at radius 1 is 1.31 bits per heavy atom. The zero-order valence-corrected chi connectivity index (χ0v) is 15.9. The van der Waals surface area contributed by atoms with Gasteiger partial charge in [-0.15, -0.1) is 0 Å². The van der Waals surface area contributed by atoms with Crippen LogP contribution in [-0.2, 0) is 14.8 Å². The van der Waals surface area contributed by atoms with Gasteiger partial charge in [-0.1, -0.05) is 24.3 Å². The van der Waals surface area contributed by atoms with Crippen LogP contribution in [0.2, 0.25) is 0 Å². The van der Waals surface area contributed by atoms with Crippen LogP contribution < -0.4 is 4.72 Å². The highest BCUT2D eigenvalue weighted by Gasteiger charge is 2.47. The number of aliphatic carboxylic acids is 1. The van der Waals surface area contributed by atoms with Gasteiger partial charge in [0.05, 0.1) is 4.90 Å². The molecule has 2 N–H and O–H groups in total. The van der Waals surface area contributed by atoms with E-state index in [2.05, 4.69) is 10.8 Å². The number of sulfonamides is 1. The van der Waals surface area contributed by atoms with Crippen molar-refractivity contribution in [1.82, 2.24) is 4.72 Å². The molecule has 4 atom stereocenters. The van der Waals surface area contributed by atoms with Gasteiger partial charge in [-0.05, 0) is 74.5 Å². The fourth-order valence-corrected chi connectivity index (χ4v) is 5.88. The van der Waals surface area contributed by atoms with E-state index >= 15 is 0 Å². The van der Waals surface area contributed by atoms with Crippen LogP contribution in [0.5, 0.6) is 0 Å². The zero-order valence-electron chi connectivity index (χ0n) is 15.1. The molecular formula is C20H27NO4S. The van der Waals surface area contributed by atoms with Crippen molar-refractivity contribution in [2.75, 3.05) is 0 Å². The van der Waals surface area contributed by atoms with Gasteiger partial charge < -0.3 is 5.11 Å². The lowest BCUT2D eigenvalue weighted by Crippen LogP contribution is -2.43. The number of nitrogens with one attached hydrogen (secondary N) is 1. The summed E-state index contributed by atoms with van der Waals surface area (Å²) in [6, 6.07) is 6.94. The monoisotopic (exact) mass is 377 g/mol. The third kappa shape index (κ3) is 4.35. The Balaban J connectivity index is 1.69. The third-order valence-electron chi connectivity index (χ3n) is 5.69. The van der Waals surface area contributed by atoms with Crippen LogP contribution in [0.1, 0.15) is 44.1 Å². The van der Waals surface area contributed by atoms with E-state index in [0.29, 0.717) is 23.2 Å². The molecule has 6 heteroatoms. The number of unbranched alkanes of at least 4 members (excludes halogenated alkanes) is 1. The second-order valence-electron chi connectivity index (χ2n) is 7.59. The summed E-state index contributed by atoms with van der Waals surface area (Å²) in [6.45, 7) is 1.89. The predicted octanol–water partition coefficient (Wildman–Crippen LogP) is 3.50. The number of rotatable bonds is 8. The molecule has 0 unspecified atom stereocenters. The van der Waals surface area contributed by atoms with Gasteiger partial charge in [0.2, 0.25) is 10.0 Å². The number of carboxylic acid groups (broad SMARTS) is 1. The fraction of sp³-hybridized carbons (Fsp3) is 0.550. The molecule has 26 heavy (non-hydrogen) atoms. The van der Waals surface area contributed by atoms with Gasteiger partial charge in [-0.3, -0.25) is 4.79 Å². The first-order valence-electron chi connectivity index (χ1n) is 9.34. The largest absolute Gasteiger partial charge is 0.481 e. The van der Waals surface area contributed by atoms with Crippen molar-refractivity contribution < 1.29 is 18.3 Å². The molecule has 2 aliphatic carbocycles. The number of aryl methyl sites for hydroxylation is 1. The Morgan fingerprint density at radius 2 is 2.08 bits per heavy atom. The summed E-state index contributed by atoms with van der Waals surface area (Å²) in [6.07, 6.45) is 8.96. The first kappa shape index (κ1) is 19.1. The van der Waals surface area contributed by atoms with Crippen LogP contribution in [0.4, 0.5) is 0 Å². The summed E-state index contributed by atoms with van der Waals surface area (Å²) < 4.78 is 28.6. The maximum atomic E-state index is 12.8. The lowest BCUT2D eigenvalue weighted by molar-refractivity contribution is -0.137. The molecule has 0 radical (unpaired) electrons. The molecule has 3 rings (SSSR count). The highest BCUT2D eigenvalue weighted by Crippen LogP contribution is 2.49. The standard InChI is InChI=1S/C20H27NO4S/c1-14-6-5-7-17(12-14)26(24,25)21-20-16-11-10-15(13-16)18(20)8-3-2-4-9-19(22)23/h3,5-8,12,15-16,18,20-21H,2,4,9-11,13H2,1H3,(H,22,23)/t15-,16+,18+,20+/m1/s1. The van der Waals surface area contributed by atoms with E-state index in [-0.39, 0.29) is 18.4 Å². The summed E-state index contributed by atoms with van der Waals surface area (Å²) in [5.41, 5.74) is 0.927. The summed E-state index contributed by atoms with van der Waals surface area (Å²) >= 11 is 0. The molecular weight excluding hydrogens is 350 g/mol. The molecule has 0 aliphatic heterocycles. The first-order chi connectivity index (χ1) is 12.4. The van der Waals surface area contributed by atoms with Crippen molar-refractivity contribution in [3.05, 3.63) is 42.0 Å². The SMILES string of the molecule is Cc1cccc(S(=O)(=O)N[C@H]2[C@H]3CC[C@H](C3)[C@@H]2C=CCCCC(=O)O)c1. The maximum absolute atomic E-state index is 12.8. The van der Waals surface area contributed by atoms with Crippen molar-refractivity contribution in [3.63, 3.8) is 0 Å². The average molecular weight is 378 g/mol. The summed E-state index contributed by atoms with van der Waals surface area (Å²) in [7, 11) is -3.53. The zero-order chi connectivity index (χ0) is 18.7. The van der Waals surface area contributed by atoms with Crippen LogP contribution in [0, 0.1) is 24.7 Å². The quantitative estimate of drug-likeness (QED) is 0.536. The third-order valence-corrected chi connectivity index (χ3v) is 7.15. The fourth-order valence-electron chi connectivity index (χ4n) is 4.44. The molecule has 1 aromatic rings. The van der Waals surface area contributed by atoms with E-state index in [1.54, 1.807) is 18.2 Å². The number of fused-ring (bicyclic) bond motifs is 2. The van der Waals surface area contributed by atoms with Crippen LogP contribution in [0.15, 0.2) is 41.3 Å². The number of hydrogen-bond acceptors (Lipinski definition) is 3. The molecule has 5 nitrogen and oxygen atoms in total. The molecule has 0 heterocycles. The summed E-state index contributed by atoms with van der Waals surface area (Å²) in [5, 5.41) is 8.71. The van der Waals surface area contributed by atoms with Crippen LogP contribution >= 0.6 is 0 Å². The molecule has 0 aromatic heterocycles. The minimum absolute atomic E-state index is 0.0602. The normalized spacial score (nSPS) is 28.0. The maximum Gasteiger partial charge on any atom is 0.303 e. The van der Waals surface area contributed by atoms with Gasteiger partial charge in [-0.2, -0.15) is 0 Å². The van der Waals surface area contributed by atoms with E-state index in [1.165, 1.54) is 0 Å². The number of carbonyl (C=O) groups is 1. The van der Waals surface area contributed by atoms with E-state index in [0.717, 1.165) is 31.2 Å². The van der Waals surface area contributed by atoms with Gasteiger partial charge in [0, 0.05) is 12.5 Å². The first-order valence-corrected chi connectivity index (χ1v) is 10.8. The molecule has 1 aromatic carbocycles. The Morgan fingerprint density at radius 3 is 2.81 bits per heavy atom. The van der Waals surface area contributed by atoms with Gasteiger partial charge in [0.1, 0.15) is 0 Å². The van der Waals surface area contributed by atoms with Crippen molar-refractivity contribution in [2.24, 2.45) is 17.8 Å². The van der Waals surface area contributed by atoms with Gasteiger partial charge in [-0.25, -0.2) is 13.1 Å². The summed E-state index contributed by atoms with van der Waals surface area (Å²) in [5.74, 6) is 0.356. The molecule has 2 saturated carbocycles. The Bertz CT molecular complexity index is 787. The number of carboxylic acids is 1. The Hall–Kier alpha value is -1.66. The molecule has 0 spiro atoms. The van der Waals surface area contributed by atoms with Crippen molar-refractivity contribution in [1.29, 1.82) is 0 Å². The van der Waals surface area contributed by atoms with Crippen LogP contribution in [-0.4, -0.2) is 25.5 Å². The van der Waals surface area contributed by atoms with E-state index < -0.39 is 16.0 Å². The summed E-state index contributed by atoms with van der Waals surface area (Å²) in [4.78, 5) is 10.9. The number of allylic oxidation sites excluding steroid dienone is 1. The molecule has 0 saturated heterocycles. The van der Waals surface area contributed by atoms with Crippen LogP contribution in [0.25, 0.3) is 0 Å². The average Bonchev–Trinajstić information content (AvgIpc) is 3.16. The lowest BCUT2D eigenvalue weighted by Gasteiger charge is -2.29. The van der Waals surface area contributed by atoms with Crippen LogP contribution in [0.3, 0.4) is 0 Å². The second kappa shape index (κ2) is 7.92. The smallest absolute Gasteiger partial charge is 0.303 e. The van der Waals surface area contributed by atoms with E-state index in [9.17, 15) is 13.2 Å². The Labute approximate surface area is 155 Å². The molecule has 0 amide bonds. The van der Waals surface area contributed by atoms with Crippen molar-refractivity contribution in [3.8, 4) is 0 Å². The van der Waals surface area contributed by atoms with Crippen molar-refractivity contribution >= 4 is 16.0 Å². The number of hydrogen-bond donors (Lipinski definition) is 2. The minimum Gasteiger partial charge on any atom is -0.481 e. The topological polar surface area (TPSA) is 83.5 Å². The van der Waals surface area contributed by atoms with Crippen molar-refractivity contribution in [2.45, 2.75) is 56.4 Å². The predicted molar refractivity (Wildman–Crippen MR) is 100 cm³/mol. The number of benzene rings is 1. The van der Waals surface area contributed by atoms with E-state index in [1.807, 2.05) is 19.1 Å². The lowest BCUT2D eigenvalue weighted by atomic mass is 9.84. The highest BCUT2D eigenvalue weighted by atomic mass is 32.2. The molecule has 2 aliphatic rings. The minimum atomic E-state index is -3.53. The molecule has 2 fully saturated rings. The molecule has 2 bridgehead atoms. The molecule has 142 valence electrons. The van der Waals surface area contributed by atoms with Gasteiger partial charge in [0.25, 0.3) is 0 Å².